The third kappa shape index (κ3) is 5.00. The van der Waals surface area contributed by atoms with Crippen molar-refractivity contribution in [2.45, 2.75) is 35.6 Å². The minimum absolute atomic E-state index is 0.107. The second-order valence-electron chi connectivity index (χ2n) is 6.90. The first-order chi connectivity index (χ1) is 13.1. The molecule has 28 heavy (non-hydrogen) atoms. The van der Waals surface area contributed by atoms with Crippen LogP contribution in [0.15, 0.2) is 46.3 Å². The number of anilines is 2. The van der Waals surface area contributed by atoms with Crippen molar-refractivity contribution in [1.29, 1.82) is 0 Å². The van der Waals surface area contributed by atoms with Crippen molar-refractivity contribution in [3.05, 3.63) is 42.1 Å². The zero-order valence-corrected chi connectivity index (χ0v) is 17.3. The van der Waals surface area contributed by atoms with Gasteiger partial charge in [-0.1, -0.05) is 0 Å². The summed E-state index contributed by atoms with van der Waals surface area (Å²) in [5, 5.41) is 8.20. The van der Waals surface area contributed by atoms with Crippen molar-refractivity contribution in [3.8, 4) is 0 Å². The summed E-state index contributed by atoms with van der Waals surface area (Å²) < 4.78 is 47.3. The summed E-state index contributed by atoms with van der Waals surface area (Å²) in [6.45, 7) is 2.34. The molecule has 0 unspecified atom stereocenters. The molecule has 0 spiro atoms. The van der Waals surface area contributed by atoms with E-state index in [1.54, 1.807) is 6.20 Å². The molecule has 0 atom stereocenters. The zero-order chi connectivity index (χ0) is 20.4. The fourth-order valence-electron chi connectivity index (χ4n) is 3.20. The zero-order valence-electron chi connectivity index (χ0n) is 15.6. The molecule has 0 aliphatic carbocycles. The van der Waals surface area contributed by atoms with Gasteiger partial charge in [-0.25, -0.2) is 27.0 Å². The van der Waals surface area contributed by atoms with Gasteiger partial charge in [-0.2, -0.15) is 0 Å². The van der Waals surface area contributed by atoms with Crippen LogP contribution in [0.5, 0.6) is 0 Å². The van der Waals surface area contributed by atoms with Gasteiger partial charge in [-0.3, -0.25) is 0 Å². The van der Waals surface area contributed by atoms with Crippen molar-refractivity contribution in [2.75, 3.05) is 29.6 Å². The molecule has 1 fully saturated rings. The Morgan fingerprint density at radius 2 is 1.79 bits per heavy atom. The number of nitrogens with zero attached hydrogens (tertiary/aromatic N) is 2. The Hall–Kier alpha value is -2.17. The van der Waals surface area contributed by atoms with Crippen molar-refractivity contribution in [3.63, 3.8) is 0 Å². The highest BCUT2D eigenvalue weighted by atomic mass is 32.2. The Labute approximate surface area is 165 Å². The SMILES string of the molecule is CS(=O)(=O)c1cc(S(N)(=O)=O)ccc1NCc1ccnc(N2CCCCC2)c1. The molecule has 3 N–H and O–H groups in total. The molecule has 1 aromatic carbocycles. The Bertz CT molecular complexity index is 1060. The highest BCUT2D eigenvalue weighted by Gasteiger charge is 2.18. The van der Waals surface area contributed by atoms with E-state index >= 15 is 0 Å². The molecule has 3 rings (SSSR count). The number of pyridine rings is 1. The molecule has 0 amide bonds. The van der Waals surface area contributed by atoms with Crippen LogP contribution in [-0.2, 0) is 26.4 Å². The third-order valence-electron chi connectivity index (χ3n) is 4.65. The van der Waals surface area contributed by atoms with Gasteiger partial charge in [0.1, 0.15) is 5.82 Å². The van der Waals surface area contributed by atoms with E-state index in [4.69, 9.17) is 5.14 Å². The van der Waals surface area contributed by atoms with Crippen molar-refractivity contribution < 1.29 is 16.8 Å². The fourth-order valence-corrected chi connectivity index (χ4v) is 4.69. The van der Waals surface area contributed by atoms with Crippen molar-refractivity contribution in [2.24, 2.45) is 5.14 Å². The minimum Gasteiger partial charge on any atom is -0.380 e. The Morgan fingerprint density at radius 3 is 2.43 bits per heavy atom. The first-order valence-electron chi connectivity index (χ1n) is 8.95. The van der Waals surface area contributed by atoms with Crippen LogP contribution < -0.4 is 15.4 Å². The number of nitrogens with one attached hydrogen (secondary N) is 1. The summed E-state index contributed by atoms with van der Waals surface area (Å²) >= 11 is 0. The third-order valence-corrected chi connectivity index (χ3v) is 6.70. The quantitative estimate of drug-likeness (QED) is 0.724. The summed E-state index contributed by atoms with van der Waals surface area (Å²) in [6, 6.07) is 7.63. The molecule has 0 bridgehead atoms. The molecule has 1 aliphatic rings. The van der Waals surface area contributed by atoms with E-state index in [9.17, 15) is 16.8 Å². The van der Waals surface area contributed by atoms with Gasteiger partial charge in [0.15, 0.2) is 9.84 Å². The number of hydrogen-bond donors (Lipinski definition) is 2. The topological polar surface area (TPSA) is 122 Å². The number of benzene rings is 1. The average Bonchev–Trinajstić information content (AvgIpc) is 2.66. The summed E-state index contributed by atoms with van der Waals surface area (Å²) in [7, 11) is -7.64. The highest BCUT2D eigenvalue weighted by molar-refractivity contribution is 7.91. The average molecular weight is 425 g/mol. The number of sulfonamides is 1. The standard InChI is InChI=1S/C18H24N4O4S2/c1-27(23,24)17-12-15(28(19,25)26)5-6-16(17)21-13-14-7-8-20-18(11-14)22-9-3-2-4-10-22/h5-8,11-12,21H,2-4,9-10,13H2,1H3,(H2,19,25,26). The number of sulfone groups is 1. The van der Waals surface area contributed by atoms with Crippen molar-refractivity contribution in [1.82, 2.24) is 4.98 Å². The number of primary sulfonamides is 1. The summed E-state index contributed by atoms with van der Waals surface area (Å²) in [5.74, 6) is 0.909. The van der Waals surface area contributed by atoms with Crippen LogP contribution in [0.1, 0.15) is 24.8 Å². The monoisotopic (exact) mass is 424 g/mol. The summed E-state index contributed by atoms with van der Waals surface area (Å²) in [4.78, 5) is 6.33. The molecule has 152 valence electrons. The highest BCUT2D eigenvalue weighted by Crippen LogP contribution is 2.26. The molecular formula is C18H24N4O4S2. The lowest BCUT2D eigenvalue weighted by atomic mass is 10.1. The summed E-state index contributed by atoms with van der Waals surface area (Å²) in [6.07, 6.45) is 6.31. The lowest BCUT2D eigenvalue weighted by molar-refractivity contribution is 0.573. The van der Waals surface area contributed by atoms with Crippen LogP contribution in [0.4, 0.5) is 11.5 Å². The van der Waals surface area contributed by atoms with Crippen LogP contribution in [0, 0.1) is 0 Å². The van der Waals surface area contributed by atoms with Gasteiger partial charge >= 0.3 is 0 Å². The van der Waals surface area contributed by atoms with Gasteiger partial charge in [0.2, 0.25) is 10.0 Å². The normalized spacial score (nSPS) is 15.4. The molecule has 0 radical (unpaired) electrons. The first-order valence-corrected chi connectivity index (χ1v) is 12.4. The van der Waals surface area contributed by atoms with Crippen LogP contribution in [0.25, 0.3) is 0 Å². The Morgan fingerprint density at radius 1 is 1.07 bits per heavy atom. The van der Waals surface area contributed by atoms with Gasteiger partial charge in [0, 0.05) is 32.1 Å². The lowest BCUT2D eigenvalue weighted by Crippen LogP contribution is -2.30. The molecule has 8 nitrogen and oxygen atoms in total. The number of rotatable bonds is 6. The minimum atomic E-state index is -3.99. The fraction of sp³-hybridized carbons (Fsp3) is 0.389. The molecule has 2 aromatic rings. The second-order valence-corrected chi connectivity index (χ2v) is 10.4. The number of hydrogen-bond acceptors (Lipinski definition) is 7. The smallest absolute Gasteiger partial charge is 0.238 e. The van der Waals surface area contributed by atoms with E-state index in [0.717, 1.165) is 49.6 Å². The van der Waals surface area contributed by atoms with Gasteiger partial charge in [0.25, 0.3) is 0 Å². The van der Waals surface area contributed by atoms with Crippen LogP contribution in [-0.4, -0.2) is 41.2 Å². The van der Waals surface area contributed by atoms with Crippen LogP contribution >= 0.6 is 0 Å². The van der Waals surface area contributed by atoms with Gasteiger partial charge in [0.05, 0.1) is 15.5 Å². The summed E-state index contributed by atoms with van der Waals surface area (Å²) in [5.41, 5.74) is 1.27. The van der Waals surface area contributed by atoms with E-state index < -0.39 is 19.9 Å². The number of piperidine rings is 1. The van der Waals surface area contributed by atoms with Crippen molar-refractivity contribution >= 4 is 31.4 Å². The molecule has 1 aromatic heterocycles. The second kappa shape index (κ2) is 8.06. The number of aromatic nitrogens is 1. The van der Waals surface area contributed by atoms with Gasteiger partial charge < -0.3 is 10.2 Å². The maximum atomic E-state index is 12.1. The molecular weight excluding hydrogens is 400 g/mol. The predicted octanol–water partition coefficient (Wildman–Crippen LogP) is 1.73. The maximum absolute atomic E-state index is 12.1. The largest absolute Gasteiger partial charge is 0.380 e. The molecule has 2 heterocycles. The molecule has 1 saturated heterocycles. The van der Waals surface area contributed by atoms with Crippen LogP contribution in [0.2, 0.25) is 0 Å². The predicted molar refractivity (Wildman–Crippen MR) is 109 cm³/mol. The Kier molecular flexibility index (Phi) is 5.92. The van der Waals surface area contributed by atoms with E-state index in [2.05, 4.69) is 15.2 Å². The Balaban J connectivity index is 1.83. The van der Waals surface area contributed by atoms with Crippen LogP contribution in [0.3, 0.4) is 0 Å². The molecule has 10 heteroatoms. The van der Waals surface area contributed by atoms with Gasteiger partial charge in [-0.05, 0) is 55.2 Å². The lowest BCUT2D eigenvalue weighted by Gasteiger charge is -2.28. The van der Waals surface area contributed by atoms with E-state index in [-0.39, 0.29) is 9.79 Å². The maximum Gasteiger partial charge on any atom is 0.238 e. The number of nitrogens with two attached hydrogens (primary N) is 1. The van der Waals surface area contributed by atoms with E-state index in [1.165, 1.54) is 18.6 Å². The van der Waals surface area contributed by atoms with E-state index in [0.29, 0.717) is 12.2 Å². The van der Waals surface area contributed by atoms with E-state index in [1.807, 2.05) is 12.1 Å². The van der Waals surface area contributed by atoms with Gasteiger partial charge in [-0.15, -0.1) is 0 Å². The molecule has 1 aliphatic heterocycles. The molecule has 0 saturated carbocycles. The first kappa shape index (κ1) is 20.6.